The molecular weight excluding hydrogens is 1060 g/mol. The van der Waals surface area contributed by atoms with Gasteiger partial charge in [-0.1, -0.05) is 0 Å². The third-order valence-corrected chi connectivity index (χ3v) is 12.7. The highest BCUT2D eigenvalue weighted by molar-refractivity contribution is 6.10. The van der Waals surface area contributed by atoms with Gasteiger partial charge in [-0.25, -0.2) is 28.8 Å². The summed E-state index contributed by atoms with van der Waals surface area (Å²) in [5.74, 6) is -39.7. The molecule has 10 bridgehead atoms. The van der Waals surface area contributed by atoms with E-state index in [1.165, 1.54) is 0 Å². The largest absolute Gasteiger partial charge is 0.504 e. The lowest BCUT2D eigenvalue weighted by Gasteiger charge is -2.39. The minimum absolute atomic E-state index is 0.284. The SMILES string of the molecule is O=C(OC1COC(=O)c2cc3c(O)c(O)c2-c2c(cc(O)c(O)c2O)C(=O)OC1C1OC(=O)c2cc(c(O)c(O)c2OC(=O)c2cc(O)c(O)c(O)c2O3)-c2c(O)c(O)c(O)c3c2C(=O)OC1C3O)c1cc(O)c(O)c(O)c1. The number of benzene rings is 6. The van der Waals surface area contributed by atoms with Crippen LogP contribution in [0.15, 0.2) is 36.4 Å². The molecule has 17 N–H and O–H groups in total. The number of aromatic hydroxyl groups is 16. The number of aliphatic hydroxyl groups is 1. The summed E-state index contributed by atoms with van der Waals surface area (Å²) in [4.78, 5) is 87.5. The van der Waals surface area contributed by atoms with Crippen molar-refractivity contribution in [2.75, 3.05) is 6.61 Å². The second kappa shape index (κ2) is 17.4. The third-order valence-electron chi connectivity index (χ3n) is 12.7. The fraction of sp³-hybridized carbons (Fsp3) is 0.125. The van der Waals surface area contributed by atoms with Gasteiger partial charge >= 0.3 is 35.8 Å². The molecule has 402 valence electrons. The number of rotatable bonds is 2. The Labute approximate surface area is 427 Å². The molecule has 0 saturated carbocycles. The van der Waals surface area contributed by atoms with Crippen molar-refractivity contribution in [3.8, 4) is 131 Å². The summed E-state index contributed by atoms with van der Waals surface area (Å²) in [6.07, 6.45) is -14.1. The highest BCUT2D eigenvalue weighted by Gasteiger charge is 2.54. The van der Waals surface area contributed by atoms with Crippen molar-refractivity contribution in [3.05, 3.63) is 75.3 Å². The summed E-state index contributed by atoms with van der Waals surface area (Å²) >= 11 is 0. The van der Waals surface area contributed by atoms with Crippen LogP contribution < -0.4 is 9.47 Å². The van der Waals surface area contributed by atoms with Gasteiger partial charge in [-0.15, -0.1) is 0 Å². The van der Waals surface area contributed by atoms with E-state index in [1.807, 2.05) is 0 Å². The van der Waals surface area contributed by atoms with Crippen LogP contribution in [-0.4, -0.2) is 154 Å². The number of carbonyl (C=O) groups excluding carboxylic acids is 6. The van der Waals surface area contributed by atoms with E-state index in [0.717, 1.165) is 0 Å². The zero-order valence-corrected chi connectivity index (χ0v) is 38.0. The molecule has 5 aliphatic heterocycles. The van der Waals surface area contributed by atoms with E-state index >= 15 is 4.79 Å². The van der Waals surface area contributed by atoms with Gasteiger partial charge in [0.15, 0.2) is 99.2 Å². The molecule has 6 aromatic carbocycles. The Kier molecular flexibility index (Phi) is 11.2. The van der Waals surface area contributed by atoms with E-state index in [0.29, 0.717) is 24.3 Å². The van der Waals surface area contributed by atoms with E-state index < -0.39 is 243 Å². The van der Waals surface area contributed by atoms with E-state index in [1.54, 1.807) is 0 Å². The van der Waals surface area contributed by atoms with Crippen LogP contribution in [0.25, 0.3) is 22.3 Å². The summed E-state index contributed by atoms with van der Waals surface area (Å²) in [6.45, 7) is -1.61. The van der Waals surface area contributed by atoms with Crippen LogP contribution in [0.2, 0.25) is 0 Å². The van der Waals surface area contributed by atoms with Crippen LogP contribution in [0.3, 0.4) is 0 Å². The van der Waals surface area contributed by atoms with Gasteiger partial charge < -0.3 is 120 Å². The summed E-state index contributed by atoms with van der Waals surface area (Å²) in [5.41, 5.74) is -13.3. The molecule has 11 rings (SSSR count). The van der Waals surface area contributed by atoms with E-state index in [-0.39, 0.29) is 12.1 Å². The number of hydrogen-bond donors (Lipinski definition) is 17. The number of aliphatic hydroxyl groups excluding tert-OH is 1. The fourth-order valence-electron chi connectivity index (χ4n) is 8.97. The first-order chi connectivity index (χ1) is 36.7. The number of phenolic OH excluding ortho intramolecular Hbond substituents is 16. The second-order valence-corrected chi connectivity index (χ2v) is 17.1. The van der Waals surface area contributed by atoms with Gasteiger partial charge in [0.25, 0.3) is 0 Å². The smallest absolute Gasteiger partial charge is 0.347 e. The first-order valence-corrected chi connectivity index (χ1v) is 21.6. The monoisotopic (exact) mass is 1090 g/mol. The van der Waals surface area contributed by atoms with Gasteiger partial charge in [-0.2, -0.15) is 0 Å². The molecule has 0 aliphatic carbocycles. The van der Waals surface area contributed by atoms with Crippen LogP contribution in [0, 0.1) is 0 Å². The topological polar surface area (TPSA) is 511 Å². The number of carbonyl (C=O) groups is 6. The number of hydrogen-bond acceptors (Lipinski definition) is 30. The van der Waals surface area contributed by atoms with Crippen molar-refractivity contribution in [3.63, 3.8) is 0 Å². The van der Waals surface area contributed by atoms with Gasteiger partial charge in [0.05, 0.1) is 22.3 Å². The van der Waals surface area contributed by atoms with Crippen LogP contribution in [0.5, 0.6) is 109 Å². The Morgan fingerprint density at radius 1 is 0.410 bits per heavy atom. The van der Waals surface area contributed by atoms with Crippen LogP contribution >= 0.6 is 0 Å². The Bertz CT molecular complexity index is 3760. The minimum Gasteiger partial charge on any atom is -0.504 e. The molecule has 0 saturated heterocycles. The first-order valence-electron chi connectivity index (χ1n) is 21.6. The number of phenols is 16. The van der Waals surface area contributed by atoms with E-state index in [4.69, 9.17) is 33.2 Å². The average Bonchev–Trinajstić information content (AvgIpc) is 3.59. The molecule has 0 radical (unpaired) electrons. The summed E-state index contributed by atoms with van der Waals surface area (Å²) in [5, 5.41) is 189. The molecule has 5 heterocycles. The number of fused-ring (bicyclic) bond motifs is 9. The first kappa shape index (κ1) is 50.2. The van der Waals surface area contributed by atoms with Crippen molar-refractivity contribution >= 4 is 35.8 Å². The van der Waals surface area contributed by atoms with Crippen LogP contribution in [0.1, 0.15) is 73.8 Å². The van der Waals surface area contributed by atoms with Gasteiger partial charge in [-0.3, -0.25) is 0 Å². The third kappa shape index (κ3) is 7.30. The molecule has 30 heteroatoms. The molecule has 5 aliphatic rings. The maximum Gasteiger partial charge on any atom is 0.347 e. The van der Waals surface area contributed by atoms with Crippen molar-refractivity contribution in [2.24, 2.45) is 0 Å². The maximum absolute atomic E-state index is 15.0. The molecule has 6 aromatic rings. The van der Waals surface area contributed by atoms with Gasteiger partial charge in [0, 0.05) is 39.9 Å². The van der Waals surface area contributed by atoms with Crippen molar-refractivity contribution in [1.82, 2.24) is 0 Å². The van der Waals surface area contributed by atoms with Crippen molar-refractivity contribution in [2.45, 2.75) is 30.5 Å². The van der Waals surface area contributed by atoms with E-state index in [2.05, 4.69) is 0 Å². The van der Waals surface area contributed by atoms with Gasteiger partial charge in [0.2, 0.25) is 34.5 Å². The van der Waals surface area contributed by atoms with Crippen LogP contribution in [-0.2, 0) is 23.7 Å². The Morgan fingerprint density at radius 2 is 0.910 bits per heavy atom. The average molecular weight is 1090 g/mol. The molecule has 0 aromatic heterocycles. The zero-order chi connectivity index (χ0) is 56.6. The van der Waals surface area contributed by atoms with E-state index in [9.17, 15) is 111 Å². The molecule has 78 heavy (non-hydrogen) atoms. The van der Waals surface area contributed by atoms with Gasteiger partial charge in [0.1, 0.15) is 23.8 Å². The predicted molar refractivity (Wildman–Crippen MR) is 240 cm³/mol. The second-order valence-electron chi connectivity index (χ2n) is 17.1. The van der Waals surface area contributed by atoms with Crippen molar-refractivity contribution in [1.29, 1.82) is 0 Å². The maximum atomic E-state index is 15.0. The normalized spacial score (nSPS) is 19.2. The lowest BCUT2D eigenvalue weighted by atomic mass is 9.84. The highest BCUT2D eigenvalue weighted by Crippen LogP contribution is 2.59. The quantitative estimate of drug-likeness (QED) is 0.0512. The molecule has 0 spiro atoms. The summed E-state index contributed by atoms with van der Waals surface area (Å²) in [7, 11) is 0. The predicted octanol–water partition coefficient (Wildman–Crippen LogP) is 2.37. The lowest BCUT2D eigenvalue weighted by molar-refractivity contribution is -0.154. The molecule has 5 unspecified atom stereocenters. The lowest BCUT2D eigenvalue weighted by Crippen LogP contribution is -2.56. The summed E-state index contributed by atoms with van der Waals surface area (Å²) < 4.78 is 39.0. The molecule has 0 fully saturated rings. The number of ether oxygens (including phenoxy) is 7. The molecule has 30 nitrogen and oxygen atoms in total. The molecule has 5 atom stereocenters. The summed E-state index contributed by atoms with van der Waals surface area (Å²) in [6, 6.07) is 2.27. The highest BCUT2D eigenvalue weighted by atomic mass is 16.6. The standard InChI is InChI=1S/C48H30O30/c49-14-1-8(2-15(50)26(14)54)43(66)74-19-7-72-44(67)11-6-18-29(57)31(59)22(11)21-10(4-16(51)27(55)30(21)58)45(68)76-40(19)42-41-34(62)24-23(48(71)77-41)20(32(60)35(63)33(24)61)9-3-12(46(69)78-42)39(36(64)25(9)53)75-47(70)13-5-17(52)28(56)37(65)38(13)73-18/h1-6,19,34,40-42,49-65H,7H2. The fourth-order valence-corrected chi connectivity index (χ4v) is 8.97. The Hall–Kier alpha value is -11.3. The van der Waals surface area contributed by atoms with Gasteiger partial charge in [-0.05, 0) is 24.3 Å². The Balaban J connectivity index is 1.35. The zero-order valence-electron chi connectivity index (χ0n) is 38.0. The van der Waals surface area contributed by atoms with Crippen LogP contribution in [0.4, 0.5) is 0 Å². The Morgan fingerprint density at radius 3 is 1.56 bits per heavy atom. The number of esters is 6. The minimum atomic E-state index is -2.95. The molecule has 0 amide bonds. The molecular formula is C48H30O30. The van der Waals surface area contributed by atoms with Crippen molar-refractivity contribution < 1.29 is 149 Å².